The third kappa shape index (κ3) is 5.42. The first-order valence-electron chi connectivity index (χ1n) is 14.3. The highest BCUT2D eigenvalue weighted by molar-refractivity contribution is 5.87. The largest absolute Gasteiger partial charge is 0.382 e. The maximum Gasteiger partial charge on any atom is 0.184 e. The first-order valence-corrected chi connectivity index (χ1v) is 14.3. The molecule has 2 aliphatic rings. The van der Waals surface area contributed by atoms with Crippen molar-refractivity contribution in [3.05, 3.63) is 29.7 Å². The van der Waals surface area contributed by atoms with Crippen molar-refractivity contribution in [3.8, 4) is 23.9 Å². The molecule has 38 heavy (non-hydrogen) atoms. The van der Waals surface area contributed by atoms with Gasteiger partial charge in [0.05, 0.1) is 0 Å². The fraction of sp³-hybridized carbons (Fsp3) is 0.613. The normalized spacial score (nSPS) is 21.3. The minimum absolute atomic E-state index is 0.275. The maximum atomic E-state index is 10.9. The highest BCUT2D eigenvalue weighted by Gasteiger charge is 2.30. The van der Waals surface area contributed by atoms with E-state index in [1.165, 1.54) is 24.8 Å². The fourth-order valence-corrected chi connectivity index (χ4v) is 5.76. The quantitative estimate of drug-likeness (QED) is 0.344. The van der Waals surface area contributed by atoms with Crippen molar-refractivity contribution < 1.29 is 5.11 Å². The first kappa shape index (κ1) is 26.6. The predicted molar refractivity (Wildman–Crippen MR) is 153 cm³/mol. The molecule has 0 spiro atoms. The molecule has 7 heteroatoms. The molecule has 2 N–H and O–H groups in total. The van der Waals surface area contributed by atoms with Crippen LogP contribution in [-0.4, -0.2) is 35.7 Å². The molecule has 0 unspecified atom stereocenters. The van der Waals surface area contributed by atoms with Gasteiger partial charge in [0.1, 0.15) is 16.8 Å². The molecule has 0 aromatic carbocycles. The Labute approximate surface area is 226 Å². The second-order valence-corrected chi connectivity index (χ2v) is 12.3. The Hall–Kier alpha value is -2.98. The van der Waals surface area contributed by atoms with Gasteiger partial charge in [-0.2, -0.15) is 0 Å². The lowest BCUT2D eigenvalue weighted by atomic mass is 9.80. The van der Waals surface area contributed by atoms with Gasteiger partial charge < -0.3 is 15.0 Å². The molecule has 0 saturated heterocycles. The van der Waals surface area contributed by atoms with E-state index < -0.39 is 5.60 Å². The second-order valence-electron chi connectivity index (χ2n) is 12.3. The number of hydrogen-bond donors (Lipinski definition) is 2. The second kappa shape index (κ2) is 10.6. The van der Waals surface area contributed by atoms with Crippen molar-refractivity contribution >= 4 is 17.0 Å². The molecular weight excluding hydrogens is 472 g/mol. The summed E-state index contributed by atoms with van der Waals surface area (Å²) in [7, 11) is 0. The monoisotopic (exact) mass is 514 g/mol. The molecule has 3 heterocycles. The average molecular weight is 515 g/mol. The molecule has 7 nitrogen and oxygen atoms in total. The summed E-state index contributed by atoms with van der Waals surface area (Å²) >= 11 is 0. The topological polar surface area (TPSA) is 88.8 Å². The molecule has 3 aromatic rings. The highest BCUT2D eigenvalue weighted by Crippen LogP contribution is 2.37. The molecule has 2 saturated carbocycles. The predicted octanol–water partition coefficient (Wildman–Crippen LogP) is 6.28. The minimum Gasteiger partial charge on any atom is -0.382 e. The summed E-state index contributed by atoms with van der Waals surface area (Å²) in [5.41, 5.74) is 2.38. The summed E-state index contributed by atoms with van der Waals surface area (Å²) in [5, 5.41) is 14.6. The zero-order chi connectivity index (χ0) is 27.0. The van der Waals surface area contributed by atoms with E-state index in [1.807, 2.05) is 6.20 Å². The molecule has 0 amide bonds. The summed E-state index contributed by atoms with van der Waals surface area (Å²) in [6.07, 6.45) is 15.7. The summed E-state index contributed by atoms with van der Waals surface area (Å²) in [5.74, 6) is 6.79. The molecule has 202 valence electrons. The van der Waals surface area contributed by atoms with Crippen LogP contribution in [0.2, 0.25) is 0 Å². The third-order valence-electron chi connectivity index (χ3n) is 8.57. The maximum absolute atomic E-state index is 10.9. The van der Waals surface area contributed by atoms with E-state index in [1.54, 1.807) is 13.8 Å². The Bertz CT molecular complexity index is 1320. The molecule has 1 atom stereocenters. The van der Waals surface area contributed by atoms with Crippen LogP contribution in [0.4, 0.5) is 5.82 Å². The molecule has 0 radical (unpaired) electrons. The van der Waals surface area contributed by atoms with Crippen molar-refractivity contribution in [1.82, 2.24) is 24.5 Å². The number of rotatable bonds is 8. The number of fused-ring (bicyclic) bond motifs is 1. The van der Waals surface area contributed by atoms with Gasteiger partial charge in [-0.05, 0) is 94.7 Å². The zero-order valence-electron chi connectivity index (χ0n) is 23.5. The Balaban J connectivity index is 1.66. The number of nitrogens with one attached hydrogen (secondary N) is 1. The van der Waals surface area contributed by atoms with Crippen molar-refractivity contribution in [2.45, 2.75) is 104 Å². The van der Waals surface area contributed by atoms with Crippen LogP contribution in [0.3, 0.4) is 0 Å². The van der Waals surface area contributed by atoms with Crippen molar-refractivity contribution in [1.29, 1.82) is 0 Å². The van der Waals surface area contributed by atoms with Crippen molar-refractivity contribution in [2.24, 2.45) is 17.8 Å². The summed E-state index contributed by atoms with van der Waals surface area (Å²) in [6, 6.07) is 4.49. The number of nitrogens with zero attached hydrogens (tertiary/aromatic N) is 5. The fourth-order valence-electron chi connectivity index (χ4n) is 5.76. The van der Waals surface area contributed by atoms with Crippen LogP contribution in [0.15, 0.2) is 18.3 Å². The van der Waals surface area contributed by atoms with E-state index >= 15 is 0 Å². The molecule has 0 aliphatic heterocycles. The van der Waals surface area contributed by atoms with Crippen LogP contribution in [0, 0.1) is 30.1 Å². The first-order chi connectivity index (χ1) is 18.1. The van der Waals surface area contributed by atoms with Crippen LogP contribution in [-0.2, 0) is 12.1 Å². The van der Waals surface area contributed by atoms with E-state index in [0.717, 1.165) is 55.1 Å². The number of aliphatic hydroxyl groups is 1. The number of terminal acetylenes is 1. The van der Waals surface area contributed by atoms with Crippen LogP contribution in [0.1, 0.15) is 96.9 Å². The lowest BCUT2D eigenvalue weighted by molar-refractivity contribution is 0.0692. The molecule has 2 aliphatic carbocycles. The molecule has 3 aromatic heterocycles. The van der Waals surface area contributed by atoms with E-state index in [4.69, 9.17) is 26.4 Å². The Morgan fingerprint density at radius 2 is 1.84 bits per heavy atom. The van der Waals surface area contributed by atoms with Gasteiger partial charge in [-0.15, -0.1) is 12.3 Å². The summed E-state index contributed by atoms with van der Waals surface area (Å²) < 4.78 is 2.28. The number of anilines is 1. The summed E-state index contributed by atoms with van der Waals surface area (Å²) in [4.78, 5) is 19.5. The van der Waals surface area contributed by atoms with E-state index in [0.29, 0.717) is 35.1 Å². The molecular formula is C31H42N6O. The Morgan fingerprint density at radius 1 is 1.11 bits per heavy atom. The van der Waals surface area contributed by atoms with Crippen LogP contribution in [0.25, 0.3) is 22.7 Å². The molecule has 5 rings (SSSR count). The van der Waals surface area contributed by atoms with Crippen molar-refractivity contribution in [2.75, 3.05) is 5.32 Å². The summed E-state index contributed by atoms with van der Waals surface area (Å²) in [6.45, 7) is 10.9. The van der Waals surface area contributed by atoms with Gasteiger partial charge in [-0.3, -0.25) is 4.98 Å². The number of pyridine rings is 1. The lowest BCUT2D eigenvalue weighted by Gasteiger charge is -2.32. The standard InChI is InChI=1S/C31H42N6O/c1-7-21-11-13-22(14-12-21)18-37-26-27(33-20(4)23-9-8-10-23)35-30(31(5,6)38)36-28(26)34-29(37)25-17-24(19(2)3)15-16-32-25/h1,15-17,19-23,38H,8-14,18H2,2-6H3,(H,33,35,36)/t20-,21?,22?/m1/s1. The van der Waals surface area contributed by atoms with Gasteiger partial charge >= 0.3 is 0 Å². The van der Waals surface area contributed by atoms with Crippen LogP contribution in [0.5, 0.6) is 0 Å². The smallest absolute Gasteiger partial charge is 0.184 e. The number of imidazole rings is 1. The van der Waals surface area contributed by atoms with Gasteiger partial charge in [-0.25, -0.2) is 15.0 Å². The zero-order valence-corrected chi connectivity index (χ0v) is 23.5. The molecule has 0 bridgehead atoms. The van der Waals surface area contributed by atoms with Gasteiger partial charge in [0.2, 0.25) is 0 Å². The van der Waals surface area contributed by atoms with Gasteiger partial charge in [-0.1, -0.05) is 20.3 Å². The third-order valence-corrected chi connectivity index (χ3v) is 8.57. The Morgan fingerprint density at radius 3 is 2.45 bits per heavy atom. The van der Waals surface area contributed by atoms with E-state index in [2.05, 4.69) is 48.7 Å². The highest BCUT2D eigenvalue weighted by atomic mass is 16.3. The van der Waals surface area contributed by atoms with Gasteiger partial charge in [0.15, 0.2) is 23.1 Å². The van der Waals surface area contributed by atoms with E-state index in [-0.39, 0.29) is 6.04 Å². The van der Waals surface area contributed by atoms with E-state index in [9.17, 15) is 5.11 Å². The number of hydrogen-bond acceptors (Lipinski definition) is 6. The van der Waals surface area contributed by atoms with Crippen LogP contribution >= 0.6 is 0 Å². The number of aromatic nitrogens is 5. The SMILES string of the molecule is C#CC1CCC(Cn2c(-c3cc(C(C)C)ccn3)nc3nc(C(C)(C)O)nc(N[C@H](C)C4CCC4)c32)CC1. The lowest BCUT2D eigenvalue weighted by Crippen LogP contribution is -2.32. The Kier molecular flexibility index (Phi) is 7.46. The van der Waals surface area contributed by atoms with Crippen molar-refractivity contribution in [3.63, 3.8) is 0 Å². The minimum atomic E-state index is -1.18. The van der Waals surface area contributed by atoms with Gasteiger partial charge in [0.25, 0.3) is 0 Å². The average Bonchev–Trinajstić information content (AvgIpc) is 3.21. The molecule has 2 fully saturated rings. The van der Waals surface area contributed by atoms with Gasteiger partial charge in [0, 0.05) is 24.7 Å². The van der Waals surface area contributed by atoms with Crippen LogP contribution < -0.4 is 5.32 Å².